The van der Waals surface area contributed by atoms with Crippen molar-refractivity contribution in [3.63, 3.8) is 0 Å². The highest BCUT2D eigenvalue weighted by atomic mass is 32.2. The molecule has 4 heteroatoms. The van der Waals surface area contributed by atoms with Gasteiger partial charge in [0.25, 0.3) is 0 Å². The Kier molecular flexibility index (Phi) is 4.25. The molecule has 2 heterocycles. The van der Waals surface area contributed by atoms with Gasteiger partial charge in [-0.1, -0.05) is 20.3 Å². The molecule has 0 N–H and O–H groups in total. The molecule has 0 atom stereocenters. The van der Waals surface area contributed by atoms with Gasteiger partial charge in [0.2, 0.25) is 0 Å². The molecule has 1 saturated heterocycles. The van der Waals surface area contributed by atoms with E-state index in [2.05, 4.69) is 53.1 Å². The average molecular weight is 256 g/mol. The number of hydrogen-bond donors (Lipinski definition) is 0. The summed E-state index contributed by atoms with van der Waals surface area (Å²) >= 11 is 4.31. The lowest BCUT2D eigenvalue weighted by atomic mass is 10.1. The highest BCUT2D eigenvalue weighted by Gasteiger charge is 2.35. The summed E-state index contributed by atoms with van der Waals surface area (Å²) in [5, 5.41) is 0. The van der Waals surface area contributed by atoms with E-state index in [4.69, 9.17) is 0 Å². The van der Waals surface area contributed by atoms with Gasteiger partial charge in [-0.3, -0.25) is 0 Å². The third-order valence-corrected chi connectivity index (χ3v) is 7.13. The second-order valence-electron chi connectivity index (χ2n) is 4.40. The number of thioether (sulfide) groups is 2. The summed E-state index contributed by atoms with van der Waals surface area (Å²) in [5.74, 6) is 3.57. The van der Waals surface area contributed by atoms with Gasteiger partial charge in [-0.15, -0.1) is 23.5 Å². The van der Waals surface area contributed by atoms with E-state index < -0.39 is 0 Å². The molecule has 0 unspecified atom stereocenters. The highest BCUT2D eigenvalue weighted by molar-refractivity contribution is 8.18. The van der Waals surface area contributed by atoms with Crippen molar-refractivity contribution in [1.82, 2.24) is 9.55 Å². The van der Waals surface area contributed by atoms with Crippen molar-refractivity contribution in [2.24, 2.45) is 5.92 Å². The van der Waals surface area contributed by atoms with E-state index in [9.17, 15) is 0 Å². The van der Waals surface area contributed by atoms with Gasteiger partial charge in [-0.2, -0.15) is 0 Å². The molecule has 0 aliphatic carbocycles. The van der Waals surface area contributed by atoms with Crippen molar-refractivity contribution < 1.29 is 0 Å². The van der Waals surface area contributed by atoms with Gasteiger partial charge in [-0.25, -0.2) is 4.98 Å². The van der Waals surface area contributed by atoms with E-state index in [1.54, 1.807) is 0 Å². The molecule has 0 amide bonds. The lowest BCUT2D eigenvalue weighted by molar-refractivity contribution is 0.581. The van der Waals surface area contributed by atoms with Gasteiger partial charge in [0.05, 0.1) is 10.4 Å². The summed E-state index contributed by atoms with van der Waals surface area (Å²) in [4.78, 5) is 4.13. The number of imidazole rings is 1. The van der Waals surface area contributed by atoms with Crippen LogP contribution in [0, 0.1) is 5.92 Å². The lowest BCUT2D eigenvalue weighted by Gasteiger charge is -2.38. The third kappa shape index (κ3) is 2.77. The zero-order chi connectivity index (χ0) is 11.4. The van der Waals surface area contributed by atoms with Crippen LogP contribution in [-0.4, -0.2) is 25.1 Å². The van der Waals surface area contributed by atoms with Crippen LogP contribution in [0.2, 0.25) is 0 Å². The molecule has 1 aliphatic rings. The van der Waals surface area contributed by atoms with Crippen LogP contribution in [0.15, 0.2) is 18.7 Å². The number of hydrogen-bond acceptors (Lipinski definition) is 3. The van der Waals surface area contributed by atoms with Crippen LogP contribution in [0.5, 0.6) is 0 Å². The van der Waals surface area contributed by atoms with E-state index in [1.165, 1.54) is 24.3 Å². The Hall–Kier alpha value is -0.0900. The van der Waals surface area contributed by atoms with Crippen LogP contribution >= 0.6 is 23.5 Å². The molecule has 0 bridgehead atoms. The van der Waals surface area contributed by atoms with Gasteiger partial charge in [-0.05, 0) is 23.8 Å². The Morgan fingerprint density at radius 3 is 2.62 bits per heavy atom. The first-order valence-corrected chi connectivity index (χ1v) is 7.99. The molecule has 1 aliphatic heterocycles. The van der Waals surface area contributed by atoms with Gasteiger partial charge in [0.15, 0.2) is 0 Å². The maximum Gasteiger partial charge on any atom is 0.0946 e. The largest absolute Gasteiger partial charge is 0.335 e. The second-order valence-corrected chi connectivity index (χ2v) is 7.46. The Balaban J connectivity index is 1.98. The molecule has 1 aromatic rings. The summed E-state index contributed by atoms with van der Waals surface area (Å²) in [7, 11) is 0. The molecule has 0 spiro atoms. The average Bonchev–Trinajstić information content (AvgIpc) is 2.83. The normalized spacial score (nSPS) is 30.5. The summed E-state index contributed by atoms with van der Waals surface area (Å²) in [6.45, 7) is 5.71. The molecule has 2 rings (SSSR count). The standard InChI is InChI=1S/C12H20N2S2/c1-3-11-7-15-12(4-2,16-8-11)9-14-6-5-13-10-14/h5-6,10-11H,3-4,7-9H2,1-2H3. The Labute approximate surface area is 107 Å². The van der Waals surface area contributed by atoms with Gasteiger partial charge in [0, 0.05) is 18.9 Å². The van der Waals surface area contributed by atoms with Gasteiger partial charge < -0.3 is 4.57 Å². The minimum Gasteiger partial charge on any atom is -0.335 e. The quantitative estimate of drug-likeness (QED) is 0.821. The Morgan fingerprint density at radius 2 is 2.12 bits per heavy atom. The molecule has 2 nitrogen and oxygen atoms in total. The van der Waals surface area contributed by atoms with Crippen LogP contribution in [0.1, 0.15) is 26.7 Å². The zero-order valence-corrected chi connectivity index (χ0v) is 11.7. The smallest absolute Gasteiger partial charge is 0.0946 e. The molecule has 1 aromatic heterocycles. The predicted molar refractivity (Wildman–Crippen MR) is 73.9 cm³/mol. The topological polar surface area (TPSA) is 17.8 Å². The highest BCUT2D eigenvalue weighted by Crippen LogP contribution is 2.47. The van der Waals surface area contributed by atoms with E-state index in [0.717, 1.165) is 12.5 Å². The van der Waals surface area contributed by atoms with Gasteiger partial charge in [0.1, 0.15) is 0 Å². The van der Waals surface area contributed by atoms with E-state index in [1.807, 2.05) is 12.5 Å². The maximum absolute atomic E-state index is 4.13. The number of aromatic nitrogens is 2. The molecule has 0 saturated carbocycles. The fourth-order valence-corrected chi connectivity index (χ4v) is 5.50. The summed E-state index contributed by atoms with van der Waals surface area (Å²) in [6, 6.07) is 0. The van der Waals surface area contributed by atoms with Crippen LogP contribution in [0.4, 0.5) is 0 Å². The fraction of sp³-hybridized carbons (Fsp3) is 0.750. The van der Waals surface area contributed by atoms with Crippen molar-refractivity contribution in [2.45, 2.75) is 37.3 Å². The minimum absolute atomic E-state index is 0.381. The first-order valence-electron chi connectivity index (χ1n) is 6.01. The lowest BCUT2D eigenvalue weighted by Crippen LogP contribution is -2.32. The molecule has 16 heavy (non-hydrogen) atoms. The van der Waals surface area contributed by atoms with Crippen molar-refractivity contribution >= 4 is 23.5 Å². The van der Waals surface area contributed by atoms with Gasteiger partial charge >= 0.3 is 0 Å². The monoisotopic (exact) mass is 256 g/mol. The third-order valence-electron chi connectivity index (χ3n) is 3.26. The first kappa shape index (κ1) is 12.4. The van der Waals surface area contributed by atoms with Crippen molar-refractivity contribution in [3.8, 4) is 0 Å². The number of rotatable bonds is 4. The van der Waals surface area contributed by atoms with Crippen LogP contribution in [-0.2, 0) is 6.54 Å². The summed E-state index contributed by atoms with van der Waals surface area (Å²) in [6.07, 6.45) is 8.44. The maximum atomic E-state index is 4.13. The van der Waals surface area contributed by atoms with E-state index in [-0.39, 0.29) is 0 Å². The molecule has 0 aromatic carbocycles. The van der Waals surface area contributed by atoms with Crippen molar-refractivity contribution in [1.29, 1.82) is 0 Å². The van der Waals surface area contributed by atoms with Crippen LogP contribution < -0.4 is 0 Å². The van der Waals surface area contributed by atoms with Crippen LogP contribution in [0.25, 0.3) is 0 Å². The summed E-state index contributed by atoms with van der Waals surface area (Å²) < 4.78 is 2.60. The molecular weight excluding hydrogens is 236 g/mol. The van der Waals surface area contributed by atoms with Crippen LogP contribution in [0.3, 0.4) is 0 Å². The molecular formula is C12H20N2S2. The second kappa shape index (κ2) is 5.50. The molecule has 90 valence electrons. The Morgan fingerprint density at radius 1 is 1.38 bits per heavy atom. The van der Waals surface area contributed by atoms with Crippen molar-refractivity contribution in [3.05, 3.63) is 18.7 Å². The molecule has 0 radical (unpaired) electrons. The minimum atomic E-state index is 0.381. The zero-order valence-electron chi connectivity index (χ0n) is 10.1. The SMILES string of the molecule is CCC1CSC(CC)(Cn2ccnc2)SC1. The fourth-order valence-electron chi connectivity index (χ4n) is 1.93. The van der Waals surface area contributed by atoms with Crippen molar-refractivity contribution in [2.75, 3.05) is 11.5 Å². The first-order chi connectivity index (χ1) is 7.78. The number of nitrogens with zero attached hydrogens (tertiary/aromatic N) is 2. The summed E-state index contributed by atoms with van der Waals surface area (Å²) in [5.41, 5.74) is 0. The molecule has 1 fully saturated rings. The predicted octanol–water partition coefficient (Wildman–Crippen LogP) is 3.50. The Bertz CT molecular complexity index is 303. The van der Waals surface area contributed by atoms with E-state index >= 15 is 0 Å². The van der Waals surface area contributed by atoms with E-state index in [0.29, 0.717) is 4.08 Å².